The Morgan fingerprint density at radius 1 is 1.37 bits per heavy atom. The normalized spacial score (nSPS) is 19.9. The summed E-state index contributed by atoms with van der Waals surface area (Å²) >= 11 is 0. The average molecular weight is 278 g/mol. The van der Waals surface area contributed by atoms with Crippen LogP contribution in [0.3, 0.4) is 0 Å². The fourth-order valence-electron chi connectivity index (χ4n) is 2.25. The Hall–Kier alpha value is -1.42. The quantitative estimate of drug-likeness (QED) is 0.795. The van der Waals surface area contributed by atoms with Gasteiger partial charge in [0, 0.05) is 15.7 Å². The first-order chi connectivity index (χ1) is 9.11. The van der Waals surface area contributed by atoms with Gasteiger partial charge in [0.2, 0.25) is 0 Å². The van der Waals surface area contributed by atoms with Crippen LogP contribution in [0.5, 0.6) is 0 Å². The van der Waals surface area contributed by atoms with Crippen LogP contribution < -0.4 is 0 Å². The van der Waals surface area contributed by atoms with Crippen molar-refractivity contribution >= 4 is 16.8 Å². The summed E-state index contributed by atoms with van der Waals surface area (Å²) in [5, 5.41) is 0. The predicted molar refractivity (Wildman–Crippen MR) is 75.0 cm³/mol. The SMILES string of the molecule is COC(=O)C[C@@H]1CCC=C1S(=O)c1ccc(C)cc1. The third kappa shape index (κ3) is 3.32. The highest BCUT2D eigenvalue weighted by Gasteiger charge is 2.27. The van der Waals surface area contributed by atoms with Crippen molar-refractivity contribution in [3.05, 3.63) is 40.8 Å². The summed E-state index contributed by atoms with van der Waals surface area (Å²) in [6.07, 6.45) is 4.08. The molecule has 1 aromatic carbocycles. The van der Waals surface area contributed by atoms with E-state index >= 15 is 0 Å². The summed E-state index contributed by atoms with van der Waals surface area (Å²) in [6.45, 7) is 2.00. The van der Waals surface area contributed by atoms with E-state index in [-0.39, 0.29) is 11.9 Å². The molecule has 0 spiro atoms. The molecule has 0 bridgehead atoms. The minimum Gasteiger partial charge on any atom is -0.469 e. The second-order valence-corrected chi connectivity index (χ2v) is 6.22. The van der Waals surface area contributed by atoms with Crippen molar-refractivity contribution in [2.75, 3.05) is 7.11 Å². The Balaban J connectivity index is 2.14. The van der Waals surface area contributed by atoms with Crippen LogP contribution in [0.1, 0.15) is 24.8 Å². The number of allylic oxidation sites excluding steroid dienone is 2. The van der Waals surface area contributed by atoms with Crippen LogP contribution in [0.15, 0.2) is 40.1 Å². The monoisotopic (exact) mass is 278 g/mol. The van der Waals surface area contributed by atoms with Crippen molar-refractivity contribution < 1.29 is 13.7 Å². The van der Waals surface area contributed by atoms with Crippen molar-refractivity contribution in [2.24, 2.45) is 5.92 Å². The highest BCUT2D eigenvalue weighted by Crippen LogP contribution is 2.33. The lowest BCUT2D eigenvalue weighted by molar-refractivity contribution is -0.141. The maximum atomic E-state index is 12.5. The summed E-state index contributed by atoms with van der Waals surface area (Å²) in [6, 6.07) is 7.69. The maximum Gasteiger partial charge on any atom is 0.306 e. The van der Waals surface area contributed by atoms with Gasteiger partial charge in [0.1, 0.15) is 0 Å². The van der Waals surface area contributed by atoms with E-state index < -0.39 is 10.8 Å². The van der Waals surface area contributed by atoms with Gasteiger partial charge in [-0.3, -0.25) is 4.79 Å². The van der Waals surface area contributed by atoms with Crippen molar-refractivity contribution in [1.29, 1.82) is 0 Å². The van der Waals surface area contributed by atoms with Gasteiger partial charge < -0.3 is 4.74 Å². The number of methoxy groups -OCH3 is 1. The molecule has 0 radical (unpaired) electrons. The molecule has 19 heavy (non-hydrogen) atoms. The Bertz CT molecular complexity index is 517. The van der Waals surface area contributed by atoms with Gasteiger partial charge in [0.05, 0.1) is 24.3 Å². The zero-order valence-electron chi connectivity index (χ0n) is 11.2. The second-order valence-electron chi connectivity index (χ2n) is 4.74. The van der Waals surface area contributed by atoms with E-state index in [0.29, 0.717) is 6.42 Å². The largest absolute Gasteiger partial charge is 0.469 e. The van der Waals surface area contributed by atoms with Gasteiger partial charge in [-0.05, 0) is 31.9 Å². The molecule has 1 aliphatic rings. The Morgan fingerprint density at radius 2 is 2.05 bits per heavy atom. The molecule has 3 nitrogen and oxygen atoms in total. The number of carbonyl (C=O) groups is 1. The lowest BCUT2D eigenvalue weighted by Crippen LogP contribution is -2.12. The topological polar surface area (TPSA) is 43.4 Å². The molecule has 2 rings (SSSR count). The number of rotatable bonds is 4. The molecule has 0 heterocycles. The molecule has 0 N–H and O–H groups in total. The van der Waals surface area contributed by atoms with E-state index in [0.717, 1.165) is 28.2 Å². The molecule has 0 aliphatic heterocycles. The van der Waals surface area contributed by atoms with Crippen LogP contribution in [0.4, 0.5) is 0 Å². The van der Waals surface area contributed by atoms with Gasteiger partial charge in [-0.1, -0.05) is 23.8 Å². The fourth-order valence-corrected chi connectivity index (χ4v) is 3.68. The highest BCUT2D eigenvalue weighted by molar-refractivity contribution is 7.89. The number of aryl methyl sites for hydroxylation is 1. The molecule has 1 unspecified atom stereocenters. The first-order valence-corrected chi connectivity index (χ1v) is 7.52. The summed E-state index contributed by atoms with van der Waals surface area (Å²) < 4.78 is 17.2. The van der Waals surface area contributed by atoms with Crippen molar-refractivity contribution in [3.8, 4) is 0 Å². The van der Waals surface area contributed by atoms with Crippen LogP contribution >= 0.6 is 0 Å². The maximum absolute atomic E-state index is 12.5. The van der Waals surface area contributed by atoms with Crippen LogP contribution in [-0.2, 0) is 20.3 Å². The summed E-state index contributed by atoms with van der Waals surface area (Å²) in [4.78, 5) is 13.0. The van der Waals surface area contributed by atoms with E-state index in [1.165, 1.54) is 7.11 Å². The molecule has 0 amide bonds. The van der Waals surface area contributed by atoms with E-state index in [1.54, 1.807) is 0 Å². The van der Waals surface area contributed by atoms with E-state index in [2.05, 4.69) is 0 Å². The summed E-state index contributed by atoms with van der Waals surface area (Å²) in [5.74, 6) is -0.187. The molecule has 2 atom stereocenters. The molecule has 0 aromatic heterocycles. The van der Waals surface area contributed by atoms with Crippen LogP contribution in [0.25, 0.3) is 0 Å². The lowest BCUT2D eigenvalue weighted by Gasteiger charge is -2.13. The van der Waals surface area contributed by atoms with E-state index in [9.17, 15) is 9.00 Å². The number of hydrogen-bond acceptors (Lipinski definition) is 3. The van der Waals surface area contributed by atoms with Crippen molar-refractivity contribution in [2.45, 2.75) is 31.1 Å². The summed E-state index contributed by atoms with van der Waals surface area (Å²) in [5.41, 5.74) is 1.15. The molecular weight excluding hydrogens is 260 g/mol. The number of esters is 1. The molecular formula is C15H18O3S. The molecule has 1 aromatic rings. The molecule has 4 heteroatoms. The Kier molecular flexibility index (Phi) is 4.53. The Labute approximate surface area is 116 Å². The van der Waals surface area contributed by atoms with Crippen LogP contribution in [0, 0.1) is 12.8 Å². The van der Waals surface area contributed by atoms with Gasteiger partial charge in [0.15, 0.2) is 0 Å². The van der Waals surface area contributed by atoms with Gasteiger partial charge in [-0.2, -0.15) is 0 Å². The molecule has 102 valence electrons. The zero-order chi connectivity index (χ0) is 13.8. The van der Waals surface area contributed by atoms with Gasteiger partial charge in [0.25, 0.3) is 0 Å². The van der Waals surface area contributed by atoms with Crippen molar-refractivity contribution in [1.82, 2.24) is 0 Å². The molecule has 0 fully saturated rings. The highest BCUT2D eigenvalue weighted by atomic mass is 32.2. The lowest BCUT2D eigenvalue weighted by atomic mass is 10.1. The van der Waals surface area contributed by atoms with Gasteiger partial charge in [-0.25, -0.2) is 4.21 Å². The fraction of sp³-hybridized carbons (Fsp3) is 0.400. The molecule has 0 saturated carbocycles. The first kappa shape index (κ1) is 14.0. The number of benzene rings is 1. The van der Waals surface area contributed by atoms with Crippen LogP contribution in [-0.4, -0.2) is 17.3 Å². The average Bonchev–Trinajstić information content (AvgIpc) is 2.86. The van der Waals surface area contributed by atoms with E-state index in [1.807, 2.05) is 37.3 Å². The minimum absolute atomic E-state index is 0.0505. The van der Waals surface area contributed by atoms with Gasteiger partial charge in [-0.15, -0.1) is 0 Å². The molecule has 0 saturated heterocycles. The number of ether oxygens (including phenoxy) is 1. The second kappa shape index (κ2) is 6.15. The number of hydrogen-bond donors (Lipinski definition) is 0. The minimum atomic E-state index is -1.16. The predicted octanol–water partition coefficient (Wildman–Crippen LogP) is 2.96. The molecule has 1 aliphatic carbocycles. The number of carbonyl (C=O) groups excluding carboxylic acids is 1. The third-order valence-corrected chi connectivity index (χ3v) is 4.98. The smallest absolute Gasteiger partial charge is 0.306 e. The standard InChI is InChI=1S/C15H18O3S/c1-11-6-8-13(9-7-11)19(17)14-5-3-4-12(14)10-15(16)18-2/h5-9,12H,3-4,10H2,1-2H3/t12-,19?/m0/s1. The zero-order valence-corrected chi connectivity index (χ0v) is 12.0. The van der Waals surface area contributed by atoms with Gasteiger partial charge >= 0.3 is 5.97 Å². The van der Waals surface area contributed by atoms with Crippen molar-refractivity contribution in [3.63, 3.8) is 0 Å². The summed E-state index contributed by atoms with van der Waals surface area (Å²) in [7, 11) is 0.224. The van der Waals surface area contributed by atoms with E-state index in [4.69, 9.17) is 4.74 Å². The third-order valence-electron chi connectivity index (χ3n) is 3.35. The Morgan fingerprint density at radius 3 is 2.68 bits per heavy atom. The van der Waals surface area contributed by atoms with Crippen LogP contribution in [0.2, 0.25) is 0 Å². The first-order valence-electron chi connectivity index (χ1n) is 6.37.